The number of rotatable bonds is 5. The molecule has 2 aliphatic rings. The Balaban J connectivity index is 1.33. The van der Waals surface area contributed by atoms with Crippen LogP contribution in [0.4, 0.5) is 4.79 Å². The van der Waals surface area contributed by atoms with Gasteiger partial charge in [-0.2, -0.15) is 0 Å². The number of hydrogen-bond acceptors (Lipinski definition) is 4. The minimum atomic E-state index is 0.0763. The second kappa shape index (κ2) is 9.02. The third-order valence-electron chi connectivity index (χ3n) is 5.70. The van der Waals surface area contributed by atoms with Crippen molar-refractivity contribution in [2.45, 2.75) is 58.3 Å². The summed E-state index contributed by atoms with van der Waals surface area (Å²) in [4.78, 5) is 21.2. The summed E-state index contributed by atoms with van der Waals surface area (Å²) in [5.74, 6) is 0.562. The molecule has 0 saturated carbocycles. The number of piperidine rings is 1. The average molecular weight is 375 g/mol. The summed E-state index contributed by atoms with van der Waals surface area (Å²) in [6.45, 7) is 11.8. The van der Waals surface area contributed by atoms with E-state index in [1.54, 1.807) is 6.20 Å². The summed E-state index contributed by atoms with van der Waals surface area (Å²) in [6.07, 6.45) is 4.95. The zero-order chi connectivity index (χ0) is 19.3. The Bertz CT molecular complexity index is 594. The normalized spacial score (nSPS) is 22.2. The molecule has 1 aromatic heterocycles. The number of likely N-dealkylation sites (tertiary alicyclic amines) is 2. The summed E-state index contributed by atoms with van der Waals surface area (Å²) in [5, 5.41) is 3.15. The number of aromatic nitrogens is 1. The molecular formula is C21H34N4O2. The minimum Gasteiger partial charge on any atom is -0.372 e. The van der Waals surface area contributed by atoms with Crippen LogP contribution in [0.25, 0.3) is 0 Å². The molecule has 2 amide bonds. The van der Waals surface area contributed by atoms with Crippen molar-refractivity contribution in [3.63, 3.8) is 0 Å². The summed E-state index contributed by atoms with van der Waals surface area (Å²) in [5.41, 5.74) is 1.18. The van der Waals surface area contributed by atoms with E-state index in [1.807, 2.05) is 23.1 Å². The highest BCUT2D eigenvalue weighted by Gasteiger charge is 2.31. The maximum absolute atomic E-state index is 12.5. The number of nitrogens with zero attached hydrogens (tertiary/aromatic N) is 3. The van der Waals surface area contributed by atoms with E-state index < -0.39 is 0 Å². The number of hydrogen-bond donors (Lipinski definition) is 1. The van der Waals surface area contributed by atoms with Crippen LogP contribution in [-0.4, -0.2) is 65.2 Å². The van der Waals surface area contributed by atoms with E-state index in [-0.39, 0.29) is 17.7 Å². The Morgan fingerprint density at radius 3 is 2.63 bits per heavy atom. The molecule has 6 nitrogen and oxygen atoms in total. The van der Waals surface area contributed by atoms with E-state index in [1.165, 1.54) is 6.42 Å². The lowest BCUT2D eigenvalue weighted by atomic mass is 10.1. The van der Waals surface area contributed by atoms with Crippen molar-refractivity contribution in [2.24, 2.45) is 5.92 Å². The summed E-state index contributed by atoms with van der Waals surface area (Å²) >= 11 is 0. The van der Waals surface area contributed by atoms with Crippen molar-refractivity contribution in [3.8, 4) is 0 Å². The number of amides is 2. The molecule has 6 heteroatoms. The van der Waals surface area contributed by atoms with Crippen LogP contribution in [0.1, 0.15) is 45.7 Å². The second-order valence-corrected chi connectivity index (χ2v) is 8.78. The highest BCUT2D eigenvalue weighted by molar-refractivity contribution is 5.74. The van der Waals surface area contributed by atoms with Gasteiger partial charge in [0, 0.05) is 37.9 Å². The molecule has 0 spiro atoms. The quantitative estimate of drug-likeness (QED) is 0.861. The van der Waals surface area contributed by atoms with Crippen molar-refractivity contribution in [2.75, 3.05) is 32.7 Å². The van der Waals surface area contributed by atoms with E-state index in [4.69, 9.17) is 4.74 Å². The van der Waals surface area contributed by atoms with E-state index >= 15 is 0 Å². The monoisotopic (exact) mass is 374 g/mol. The van der Waals surface area contributed by atoms with Gasteiger partial charge in [0.1, 0.15) is 0 Å². The van der Waals surface area contributed by atoms with Gasteiger partial charge in [0.05, 0.1) is 18.4 Å². The Labute approximate surface area is 163 Å². The lowest BCUT2D eigenvalue weighted by Gasteiger charge is -2.33. The first-order valence-electron chi connectivity index (χ1n) is 10.2. The predicted molar refractivity (Wildman–Crippen MR) is 106 cm³/mol. The fourth-order valence-corrected chi connectivity index (χ4v) is 3.86. The molecule has 2 fully saturated rings. The zero-order valence-electron chi connectivity index (χ0n) is 17.0. The second-order valence-electron chi connectivity index (χ2n) is 8.78. The number of nitrogens with one attached hydrogen (secondary N) is 1. The van der Waals surface area contributed by atoms with Crippen LogP contribution in [0.5, 0.6) is 0 Å². The molecule has 3 heterocycles. The van der Waals surface area contributed by atoms with E-state index in [0.29, 0.717) is 12.5 Å². The first kappa shape index (κ1) is 20.1. The zero-order valence-corrected chi connectivity index (χ0v) is 17.0. The Morgan fingerprint density at radius 1 is 1.22 bits per heavy atom. The fourth-order valence-electron chi connectivity index (χ4n) is 3.86. The van der Waals surface area contributed by atoms with Crippen LogP contribution in [0.15, 0.2) is 24.4 Å². The standard InChI is InChI=1S/C21H34N4O2/c1-21(2,3)25-13-7-17(15-25)14-23-20(26)24-11-8-19(9-12-24)27-16-18-6-4-5-10-22-18/h4-6,10,17,19H,7-9,11-16H2,1-3H3,(H,23,26). The molecule has 1 unspecified atom stereocenters. The summed E-state index contributed by atoms with van der Waals surface area (Å²) < 4.78 is 5.96. The van der Waals surface area contributed by atoms with Crippen LogP contribution >= 0.6 is 0 Å². The third kappa shape index (κ3) is 5.91. The Morgan fingerprint density at radius 2 is 2.00 bits per heavy atom. The van der Waals surface area contributed by atoms with Crippen LogP contribution in [0, 0.1) is 5.92 Å². The van der Waals surface area contributed by atoms with Crippen molar-refractivity contribution in [3.05, 3.63) is 30.1 Å². The third-order valence-corrected chi connectivity index (χ3v) is 5.70. The van der Waals surface area contributed by atoms with Gasteiger partial charge in [-0.25, -0.2) is 4.79 Å². The maximum atomic E-state index is 12.5. The lowest BCUT2D eigenvalue weighted by molar-refractivity contribution is 0.00303. The van der Waals surface area contributed by atoms with E-state index in [2.05, 4.69) is 36.0 Å². The Kier molecular flexibility index (Phi) is 6.71. The first-order chi connectivity index (χ1) is 12.9. The largest absolute Gasteiger partial charge is 0.372 e. The SMILES string of the molecule is CC(C)(C)N1CCC(CNC(=O)N2CCC(OCc3ccccn3)CC2)C1. The van der Waals surface area contributed by atoms with Crippen molar-refractivity contribution >= 4 is 6.03 Å². The van der Waals surface area contributed by atoms with Crippen LogP contribution in [-0.2, 0) is 11.3 Å². The van der Waals surface area contributed by atoms with Crippen LogP contribution < -0.4 is 5.32 Å². The lowest BCUT2D eigenvalue weighted by Crippen LogP contribution is -2.47. The Hall–Kier alpha value is -1.66. The molecule has 1 aromatic rings. The van der Waals surface area contributed by atoms with Crippen molar-refractivity contribution in [1.29, 1.82) is 0 Å². The van der Waals surface area contributed by atoms with Crippen LogP contribution in [0.3, 0.4) is 0 Å². The molecule has 0 bridgehead atoms. The molecule has 0 radical (unpaired) electrons. The topological polar surface area (TPSA) is 57.7 Å². The van der Waals surface area contributed by atoms with Gasteiger partial charge in [0.25, 0.3) is 0 Å². The molecule has 0 aliphatic carbocycles. The number of ether oxygens (including phenoxy) is 1. The summed E-state index contributed by atoms with van der Waals surface area (Å²) in [7, 11) is 0. The predicted octanol–water partition coefficient (Wildman–Crippen LogP) is 2.89. The van der Waals surface area contributed by atoms with Gasteiger partial charge in [-0.3, -0.25) is 9.88 Å². The highest BCUT2D eigenvalue weighted by Crippen LogP contribution is 2.24. The van der Waals surface area contributed by atoms with Gasteiger partial charge >= 0.3 is 6.03 Å². The molecule has 1 atom stereocenters. The molecular weight excluding hydrogens is 340 g/mol. The van der Waals surface area contributed by atoms with Gasteiger partial charge in [-0.1, -0.05) is 6.07 Å². The fraction of sp³-hybridized carbons (Fsp3) is 0.714. The van der Waals surface area contributed by atoms with E-state index in [0.717, 1.165) is 51.3 Å². The van der Waals surface area contributed by atoms with Crippen LogP contribution in [0.2, 0.25) is 0 Å². The van der Waals surface area contributed by atoms with Gasteiger partial charge in [0.2, 0.25) is 0 Å². The number of carbonyl (C=O) groups excluding carboxylic acids is 1. The smallest absolute Gasteiger partial charge is 0.317 e. The molecule has 2 aliphatic heterocycles. The van der Waals surface area contributed by atoms with E-state index in [9.17, 15) is 4.79 Å². The number of urea groups is 1. The molecule has 3 rings (SSSR count). The first-order valence-corrected chi connectivity index (χ1v) is 10.2. The molecule has 1 N–H and O–H groups in total. The summed E-state index contributed by atoms with van der Waals surface area (Å²) in [6, 6.07) is 5.94. The maximum Gasteiger partial charge on any atom is 0.317 e. The highest BCUT2D eigenvalue weighted by atomic mass is 16.5. The molecule has 2 saturated heterocycles. The van der Waals surface area contributed by atoms with Gasteiger partial charge < -0.3 is 15.0 Å². The van der Waals surface area contributed by atoms with Crippen molar-refractivity contribution < 1.29 is 9.53 Å². The molecule has 150 valence electrons. The number of carbonyl (C=O) groups is 1. The minimum absolute atomic E-state index is 0.0763. The van der Waals surface area contributed by atoms with Gasteiger partial charge in [0.15, 0.2) is 0 Å². The van der Waals surface area contributed by atoms with Crippen molar-refractivity contribution in [1.82, 2.24) is 20.1 Å². The number of pyridine rings is 1. The molecule has 0 aromatic carbocycles. The average Bonchev–Trinajstić information content (AvgIpc) is 3.15. The van der Waals surface area contributed by atoms with Gasteiger partial charge in [-0.15, -0.1) is 0 Å². The van der Waals surface area contributed by atoms with Gasteiger partial charge in [-0.05, 0) is 64.6 Å². The molecule has 27 heavy (non-hydrogen) atoms.